The van der Waals surface area contributed by atoms with Crippen LogP contribution in [0, 0.1) is 17.1 Å². The van der Waals surface area contributed by atoms with Gasteiger partial charge in [0.25, 0.3) is 5.91 Å². The van der Waals surface area contributed by atoms with Crippen molar-refractivity contribution in [3.8, 4) is 6.07 Å². The van der Waals surface area contributed by atoms with Crippen molar-refractivity contribution in [3.63, 3.8) is 0 Å². The SMILES string of the molecule is N#CCCN(C(=O)COC(=O)CC(c1ccccc1)c1ccccc1)c1ccc(F)cc1. The van der Waals surface area contributed by atoms with Gasteiger partial charge in [0, 0.05) is 18.2 Å². The average molecular weight is 430 g/mol. The number of anilines is 1. The number of carbonyl (C=O) groups is 2. The van der Waals surface area contributed by atoms with Crippen LogP contribution in [0.1, 0.15) is 29.9 Å². The first-order valence-electron chi connectivity index (χ1n) is 10.3. The zero-order chi connectivity index (χ0) is 22.8. The number of hydrogen-bond donors (Lipinski definition) is 0. The first-order chi connectivity index (χ1) is 15.6. The van der Waals surface area contributed by atoms with Crippen LogP contribution >= 0.6 is 0 Å². The number of rotatable bonds is 9. The van der Waals surface area contributed by atoms with Crippen molar-refractivity contribution in [2.45, 2.75) is 18.8 Å². The highest BCUT2D eigenvalue weighted by Gasteiger charge is 2.22. The molecule has 0 saturated carbocycles. The Labute approximate surface area is 186 Å². The largest absolute Gasteiger partial charge is 0.456 e. The van der Waals surface area contributed by atoms with Crippen molar-refractivity contribution < 1.29 is 18.7 Å². The summed E-state index contributed by atoms with van der Waals surface area (Å²) in [6, 6.07) is 26.6. The van der Waals surface area contributed by atoms with Gasteiger partial charge in [0.05, 0.1) is 18.9 Å². The van der Waals surface area contributed by atoms with Crippen molar-refractivity contribution in [2.75, 3.05) is 18.1 Å². The standard InChI is InChI=1S/C26H23FN2O3/c27-22-12-14-23(15-13-22)29(17-7-16-28)25(30)19-32-26(31)18-24(20-8-3-1-4-9-20)21-10-5-2-6-11-21/h1-6,8-15,24H,7,17-19H2. The molecule has 0 aliphatic heterocycles. The second kappa shape index (κ2) is 11.4. The summed E-state index contributed by atoms with van der Waals surface area (Å²) < 4.78 is 18.5. The molecule has 0 bridgehead atoms. The first-order valence-corrected chi connectivity index (χ1v) is 10.3. The maximum atomic E-state index is 13.2. The lowest BCUT2D eigenvalue weighted by Gasteiger charge is -2.22. The van der Waals surface area contributed by atoms with Gasteiger partial charge >= 0.3 is 5.97 Å². The van der Waals surface area contributed by atoms with Crippen LogP contribution in [-0.4, -0.2) is 25.0 Å². The van der Waals surface area contributed by atoms with Gasteiger partial charge < -0.3 is 9.64 Å². The number of hydrogen-bond acceptors (Lipinski definition) is 4. The highest BCUT2D eigenvalue weighted by molar-refractivity contribution is 5.95. The minimum atomic E-state index is -0.504. The molecule has 0 heterocycles. The molecule has 0 atom stereocenters. The number of halogens is 1. The third-order valence-corrected chi connectivity index (χ3v) is 5.02. The molecular weight excluding hydrogens is 407 g/mol. The fourth-order valence-electron chi connectivity index (χ4n) is 3.43. The van der Waals surface area contributed by atoms with Crippen molar-refractivity contribution in [1.29, 1.82) is 5.26 Å². The molecule has 0 fully saturated rings. The van der Waals surface area contributed by atoms with E-state index in [1.807, 2.05) is 66.7 Å². The summed E-state index contributed by atoms with van der Waals surface area (Å²) >= 11 is 0. The third-order valence-electron chi connectivity index (χ3n) is 5.02. The van der Waals surface area contributed by atoms with Gasteiger partial charge in [0.2, 0.25) is 0 Å². The summed E-state index contributed by atoms with van der Waals surface area (Å²) in [7, 11) is 0. The predicted octanol–water partition coefficient (Wildman–Crippen LogP) is 4.84. The topological polar surface area (TPSA) is 70.4 Å². The van der Waals surface area contributed by atoms with Gasteiger partial charge in [-0.3, -0.25) is 9.59 Å². The number of esters is 1. The van der Waals surface area contributed by atoms with Gasteiger partial charge in [-0.2, -0.15) is 5.26 Å². The molecule has 0 spiro atoms. The Hall–Kier alpha value is -3.98. The second-order valence-corrected chi connectivity index (χ2v) is 7.17. The average Bonchev–Trinajstić information content (AvgIpc) is 2.83. The Morgan fingerprint density at radius 3 is 2.00 bits per heavy atom. The van der Waals surface area contributed by atoms with Crippen molar-refractivity contribution in [3.05, 3.63) is 102 Å². The van der Waals surface area contributed by atoms with Crippen LogP contribution in [0.2, 0.25) is 0 Å². The van der Waals surface area contributed by atoms with E-state index in [1.165, 1.54) is 29.2 Å². The summed E-state index contributed by atoms with van der Waals surface area (Å²) in [4.78, 5) is 26.7. The minimum Gasteiger partial charge on any atom is -0.456 e. The van der Waals surface area contributed by atoms with E-state index in [0.29, 0.717) is 5.69 Å². The van der Waals surface area contributed by atoms with Crippen LogP contribution in [-0.2, 0) is 14.3 Å². The molecule has 3 rings (SSSR count). The number of nitrogens with zero attached hydrogens (tertiary/aromatic N) is 2. The van der Waals surface area contributed by atoms with Crippen molar-refractivity contribution in [1.82, 2.24) is 0 Å². The summed E-state index contributed by atoms with van der Waals surface area (Å²) in [5.41, 5.74) is 2.39. The van der Waals surface area contributed by atoms with E-state index in [-0.39, 0.29) is 25.3 Å². The Balaban J connectivity index is 1.67. The van der Waals surface area contributed by atoms with E-state index in [0.717, 1.165) is 11.1 Å². The van der Waals surface area contributed by atoms with Gasteiger partial charge in [0.1, 0.15) is 5.82 Å². The first kappa shape index (κ1) is 22.7. The number of nitriles is 1. The summed E-state index contributed by atoms with van der Waals surface area (Å²) in [5.74, 6) is -1.61. The molecule has 3 aromatic rings. The minimum absolute atomic E-state index is 0.0794. The monoisotopic (exact) mass is 430 g/mol. The molecule has 0 N–H and O–H groups in total. The molecule has 0 aromatic heterocycles. The van der Waals surface area contributed by atoms with Crippen LogP contribution in [0.4, 0.5) is 10.1 Å². The summed E-state index contributed by atoms with van der Waals surface area (Å²) in [6.45, 7) is -0.340. The molecule has 6 heteroatoms. The Morgan fingerprint density at radius 2 is 1.47 bits per heavy atom. The van der Waals surface area contributed by atoms with Gasteiger partial charge in [-0.1, -0.05) is 60.7 Å². The molecule has 32 heavy (non-hydrogen) atoms. The molecule has 3 aromatic carbocycles. The van der Waals surface area contributed by atoms with Crippen molar-refractivity contribution in [2.24, 2.45) is 0 Å². The highest BCUT2D eigenvalue weighted by atomic mass is 19.1. The van der Waals surface area contributed by atoms with Crippen LogP contribution in [0.15, 0.2) is 84.9 Å². The Morgan fingerprint density at radius 1 is 0.906 bits per heavy atom. The second-order valence-electron chi connectivity index (χ2n) is 7.17. The Bertz CT molecular complexity index is 1020. The predicted molar refractivity (Wildman–Crippen MR) is 119 cm³/mol. The maximum Gasteiger partial charge on any atom is 0.307 e. The lowest BCUT2D eigenvalue weighted by Crippen LogP contribution is -2.35. The molecule has 0 saturated heterocycles. The van der Waals surface area contributed by atoms with E-state index >= 15 is 0 Å². The zero-order valence-electron chi connectivity index (χ0n) is 17.5. The third kappa shape index (κ3) is 6.26. The number of benzene rings is 3. The van der Waals surface area contributed by atoms with E-state index in [9.17, 15) is 14.0 Å². The normalized spacial score (nSPS) is 10.4. The Kier molecular flexibility index (Phi) is 8.10. The van der Waals surface area contributed by atoms with Gasteiger partial charge in [0.15, 0.2) is 6.61 Å². The molecular formula is C26H23FN2O3. The van der Waals surface area contributed by atoms with E-state index in [2.05, 4.69) is 0 Å². The maximum absolute atomic E-state index is 13.2. The van der Waals surface area contributed by atoms with Crippen LogP contribution < -0.4 is 4.90 Å². The molecule has 0 unspecified atom stereocenters. The lowest BCUT2D eigenvalue weighted by molar-refractivity contribution is -0.148. The number of amides is 1. The molecule has 0 aliphatic carbocycles. The van der Waals surface area contributed by atoms with Crippen LogP contribution in [0.3, 0.4) is 0 Å². The smallest absolute Gasteiger partial charge is 0.307 e. The van der Waals surface area contributed by atoms with E-state index in [1.54, 1.807) is 0 Å². The molecule has 0 aliphatic rings. The van der Waals surface area contributed by atoms with E-state index < -0.39 is 24.3 Å². The molecule has 0 radical (unpaired) electrons. The lowest BCUT2D eigenvalue weighted by atomic mass is 9.89. The quantitative estimate of drug-likeness (QED) is 0.456. The number of carbonyl (C=O) groups excluding carboxylic acids is 2. The molecule has 162 valence electrons. The molecule has 5 nitrogen and oxygen atoms in total. The number of ether oxygens (including phenoxy) is 1. The zero-order valence-corrected chi connectivity index (χ0v) is 17.5. The van der Waals surface area contributed by atoms with Gasteiger partial charge in [-0.25, -0.2) is 4.39 Å². The van der Waals surface area contributed by atoms with Gasteiger partial charge in [-0.05, 0) is 35.4 Å². The fourth-order valence-corrected chi connectivity index (χ4v) is 3.43. The van der Waals surface area contributed by atoms with Gasteiger partial charge in [-0.15, -0.1) is 0 Å². The molecule has 1 amide bonds. The van der Waals surface area contributed by atoms with Crippen LogP contribution in [0.25, 0.3) is 0 Å². The van der Waals surface area contributed by atoms with E-state index in [4.69, 9.17) is 10.00 Å². The summed E-state index contributed by atoms with van der Waals surface area (Å²) in [5, 5.41) is 8.89. The van der Waals surface area contributed by atoms with Crippen LogP contribution in [0.5, 0.6) is 0 Å². The highest BCUT2D eigenvalue weighted by Crippen LogP contribution is 2.28. The summed E-state index contributed by atoms with van der Waals surface area (Å²) in [6.07, 6.45) is 0.178. The van der Waals surface area contributed by atoms with Crippen molar-refractivity contribution >= 4 is 17.6 Å². The fraction of sp³-hybridized carbons (Fsp3) is 0.192.